The van der Waals surface area contributed by atoms with Crippen molar-refractivity contribution >= 4 is 54.3 Å². The van der Waals surface area contributed by atoms with Crippen molar-refractivity contribution in [2.45, 2.75) is 20.3 Å². The molecule has 0 aliphatic carbocycles. The van der Waals surface area contributed by atoms with Crippen LogP contribution in [0.5, 0.6) is 0 Å². The molecule has 4 aromatic rings. The van der Waals surface area contributed by atoms with E-state index in [1.54, 1.807) is 0 Å². The molecule has 4 nitrogen and oxygen atoms in total. The summed E-state index contributed by atoms with van der Waals surface area (Å²) in [4.78, 5) is 0. The van der Waals surface area contributed by atoms with Gasteiger partial charge in [0.15, 0.2) is 0 Å². The van der Waals surface area contributed by atoms with Crippen LogP contribution in [0, 0.1) is 6.92 Å². The van der Waals surface area contributed by atoms with Gasteiger partial charge in [0.25, 0.3) is 0 Å². The molecule has 0 spiro atoms. The number of rotatable bonds is 1. The lowest BCUT2D eigenvalue weighted by molar-refractivity contribution is 1.12. The first kappa shape index (κ1) is 11.2. The van der Waals surface area contributed by atoms with Gasteiger partial charge in [-0.2, -0.15) is 0 Å². The predicted octanol–water partition coefficient (Wildman–Crippen LogP) is 3.72. The van der Waals surface area contributed by atoms with Gasteiger partial charge in [0.05, 0.1) is 9.40 Å². The highest BCUT2D eigenvalue weighted by molar-refractivity contribution is 7.15. The van der Waals surface area contributed by atoms with E-state index in [0.717, 1.165) is 23.0 Å². The summed E-state index contributed by atoms with van der Waals surface area (Å²) in [6, 6.07) is 4.40. The van der Waals surface area contributed by atoms with Crippen LogP contribution in [-0.4, -0.2) is 19.2 Å². The van der Waals surface area contributed by atoms with Crippen molar-refractivity contribution in [1.82, 2.24) is 19.2 Å². The Labute approximate surface area is 117 Å². The summed E-state index contributed by atoms with van der Waals surface area (Å²) in [5.74, 6) is 0. The largest absolute Gasteiger partial charge is 0.138 e. The lowest BCUT2D eigenvalue weighted by atomic mass is 10.0. The number of aromatic nitrogens is 4. The van der Waals surface area contributed by atoms with Crippen LogP contribution in [-0.2, 0) is 6.42 Å². The smallest absolute Gasteiger partial charge is 0.109 e. The van der Waals surface area contributed by atoms with Crippen LogP contribution in [0.4, 0.5) is 0 Å². The molecular formula is C13H10N4S2. The molecule has 0 N–H and O–H groups in total. The molecule has 4 rings (SSSR count). The van der Waals surface area contributed by atoms with E-state index in [1.165, 1.54) is 48.8 Å². The fraction of sp³-hybridized carbons (Fsp3) is 0.231. The zero-order chi connectivity index (χ0) is 13.0. The first-order valence-corrected chi connectivity index (χ1v) is 7.63. The molecule has 19 heavy (non-hydrogen) atoms. The SMILES string of the molecule is CCc1cc2c(cc(C)c3nnsc32)c2snnc12. The monoisotopic (exact) mass is 286 g/mol. The van der Waals surface area contributed by atoms with Crippen molar-refractivity contribution < 1.29 is 0 Å². The highest BCUT2D eigenvalue weighted by Gasteiger charge is 2.14. The van der Waals surface area contributed by atoms with Gasteiger partial charge in [0, 0.05) is 10.8 Å². The van der Waals surface area contributed by atoms with E-state index in [1.807, 2.05) is 0 Å². The average Bonchev–Trinajstić information content (AvgIpc) is 3.07. The minimum Gasteiger partial charge on any atom is -0.138 e. The lowest BCUT2D eigenvalue weighted by Gasteiger charge is -2.05. The Bertz CT molecular complexity index is 922. The van der Waals surface area contributed by atoms with Crippen molar-refractivity contribution in [1.29, 1.82) is 0 Å². The summed E-state index contributed by atoms with van der Waals surface area (Å²) < 4.78 is 10.6. The Balaban J connectivity index is 2.34. The van der Waals surface area contributed by atoms with Crippen molar-refractivity contribution in [3.05, 3.63) is 23.3 Å². The molecule has 2 aromatic carbocycles. The zero-order valence-electron chi connectivity index (χ0n) is 10.5. The quantitative estimate of drug-likeness (QED) is 0.535. The number of benzene rings is 2. The van der Waals surface area contributed by atoms with E-state index >= 15 is 0 Å². The van der Waals surface area contributed by atoms with E-state index < -0.39 is 0 Å². The highest BCUT2D eigenvalue weighted by atomic mass is 32.1. The number of hydrogen-bond acceptors (Lipinski definition) is 6. The summed E-state index contributed by atoms with van der Waals surface area (Å²) in [7, 11) is 0. The number of aryl methyl sites for hydroxylation is 2. The third kappa shape index (κ3) is 1.44. The molecule has 0 saturated heterocycles. The molecule has 0 saturated carbocycles. The molecule has 2 heterocycles. The molecule has 2 aromatic heterocycles. The Morgan fingerprint density at radius 2 is 1.58 bits per heavy atom. The molecular weight excluding hydrogens is 276 g/mol. The number of fused-ring (bicyclic) bond motifs is 5. The van der Waals surface area contributed by atoms with Crippen molar-refractivity contribution in [3.8, 4) is 0 Å². The van der Waals surface area contributed by atoms with Gasteiger partial charge >= 0.3 is 0 Å². The van der Waals surface area contributed by atoms with E-state index in [-0.39, 0.29) is 0 Å². The first-order chi connectivity index (χ1) is 9.29. The van der Waals surface area contributed by atoms with Gasteiger partial charge in [0.1, 0.15) is 11.0 Å². The summed E-state index contributed by atoms with van der Waals surface area (Å²) >= 11 is 2.93. The fourth-order valence-electron chi connectivity index (χ4n) is 2.53. The molecule has 0 aliphatic rings. The maximum atomic E-state index is 4.28. The average molecular weight is 286 g/mol. The summed E-state index contributed by atoms with van der Waals surface area (Å²) in [6.45, 7) is 4.23. The summed E-state index contributed by atoms with van der Waals surface area (Å²) in [5.41, 5.74) is 4.46. The van der Waals surface area contributed by atoms with Crippen LogP contribution in [0.2, 0.25) is 0 Å². The number of nitrogens with zero attached hydrogens (tertiary/aromatic N) is 4. The Hall–Kier alpha value is -1.66. The molecule has 94 valence electrons. The third-order valence-corrected chi connectivity index (χ3v) is 5.01. The minimum atomic E-state index is 0.958. The van der Waals surface area contributed by atoms with Crippen LogP contribution in [0.3, 0.4) is 0 Å². The number of hydrogen-bond donors (Lipinski definition) is 0. The van der Waals surface area contributed by atoms with Crippen LogP contribution < -0.4 is 0 Å². The molecule has 0 amide bonds. The fourth-order valence-corrected chi connectivity index (χ4v) is 4.02. The topological polar surface area (TPSA) is 51.6 Å². The van der Waals surface area contributed by atoms with E-state index in [4.69, 9.17) is 0 Å². The Kier molecular flexibility index (Phi) is 2.31. The molecule has 0 fully saturated rings. The normalized spacial score (nSPS) is 11.9. The minimum absolute atomic E-state index is 0.958. The molecule has 0 unspecified atom stereocenters. The predicted molar refractivity (Wildman–Crippen MR) is 80.0 cm³/mol. The van der Waals surface area contributed by atoms with Gasteiger partial charge in [-0.05, 0) is 59.7 Å². The maximum Gasteiger partial charge on any atom is 0.109 e. The third-order valence-electron chi connectivity index (χ3n) is 3.49. The van der Waals surface area contributed by atoms with Crippen LogP contribution in [0.25, 0.3) is 31.2 Å². The van der Waals surface area contributed by atoms with E-state index in [9.17, 15) is 0 Å². The van der Waals surface area contributed by atoms with Crippen LogP contribution >= 0.6 is 23.1 Å². The van der Waals surface area contributed by atoms with Crippen molar-refractivity contribution in [2.75, 3.05) is 0 Å². The van der Waals surface area contributed by atoms with Crippen molar-refractivity contribution in [3.63, 3.8) is 0 Å². The zero-order valence-corrected chi connectivity index (χ0v) is 12.1. The lowest BCUT2D eigenvalue weighted by Crippen LogP contribution is -1.87. The summed E-state index contributed by atoms with van der Waals surface area (Å²) in [6.07, 6.45) is 0.958. The Morgan fingerprint density at radius 3 is 2.32 bits per heavy atom. The summed E-state index contributed by atoms with van der Waals surface area (Å²) in [5, 5.41) is 11.0. The van der Waals surface area contributed by atoms with Gasteiger partial charge in [-0.25, -0.2) is 0 Å². The molecule has 0 atom stereocenters. The second-order valence-electron chi connectivity index (χ2n) is 4.58. The van der Waals surface area contributed by atoms with Crippen molar-refractivity contribution in [2.24, 2.45) is 0 Å². The van der Waals surface area contributed by atoms with Crippen LogP contribution in [0.15, 0.2) is 12.1 Å². The van der Waals surface area contributed by atoms with E-state index in [0.29, 0.717) is 0 Å². The molecule has 0 bridgehead atoms. The second-order valence-corrected chi connectivity index (χ2v) is 6.09. The van der Waals surface area contributed by atoms with Gasteiger partial charge in [-0.1, -0.05) is 15.9 Å². The first-order valence-electron chi connectivity index (χ1n) is 6.09. The highest BCUT2D eigenvalue weighted by Crippen LogP contribution is 2.36. The van der Waals surface area contributed by atoms with Gasteiger partial charge < -0.3 is 0 Å². The van der Waals surface area contributed by atoms with Gasteiger partial charge in [0.2, 0.25) is 0 Å². The molecule has 0 aliphatic heterocycles. The van der Waals surface area contributed by atoms with Gasteiger partial charge in [-0.15, -0.1) is 10.2 Å². The molecule has 0 radical (unpaired) electrons. The maximum absolute atomic E-state index is 4.28. The second kappa shape index (κ2) is 3.91. The Morgan fingerprint density at radius 1 is 0.947 bits per heavy atom. The standard InChI is InChI=1S/C13H10N4S2/c1-3-7-5-9-8(13-11(7)15-17-19-13)4-6(2)10-12(9)18-16-14-10/h4-5H,3H2,1-2H3. The molecule has 6 heteroatoms. The van der Waals surface area contributed by atoms with E-state index in [2.05, 4.69) is 45.2 Å². The van der Waals surface area contributed by atoms with Gasteiger partial charge in [-0.3, -0.25) is 0 Å². The van der Waals surface area contributed by atoms with Crippen LogP contribution in [0.1, 0.15) is 18.1 Å².